The van der Waals surface area contributed by atoms with Crippen molar-refractivity contribution in [1.29, 1.82) is 0 Å². The van der Waals surface area contributed by atoms with Crippen LogP contribution < -0.4 is 19.2 Å². The van der Waals surface area contributed by atoms with Gasteiger partial charge >= 0.3 is 0 Å². The standard InChI is InChI=1S/C25H27N3O5S/c1-4-33-22-15-13-20(14-16-22)19(2)26-27-25(29)18-28(21-9-8-10-23(17-21)32-3)34(30,31)24-11-6-5-7-12-24/h5-17H,4,18H2,1-3H3,(H,27,29)/b26-19-. The summed E-state index contributed by atoms with van der Waals surface area (Å²) in [7, 11) is -2.53. The number of nitrogens with one attached hydrogen (secondary N) is 1. The minimum atomic E-state index is -4.02. The fourth-order valence-corrected chi connectivity index (χ4v) is 4.57. The molecule has 0 spiro atoms. The van der Waals surface area contributed by atoms with Gasteiger partial charge in [0.1, 0.15) is 18.0 Å². The number of rotatable bonds is 10. The number of methoxy groups -OCH3 is 1. The Bertz CT molecular complexity index is 1240. The Morgan fingerprint density at radius 1 is 0.971 bits per heavy atom. The molecule has 0 radical (unpaired) electrons. The highest BCUT2D eigenvalue weighted by Gasteiger charge is 2.27. The summed E-state index contributed by atoms with van der Waals surface area (Å²) in [4.78, 5) is 12.8. The number of carbonyl (C=O) groups excluding carboxylic acids is 1. The molecular formula is C25H27N3O5S. The van der Waals surface area contributed by atoms with E-state index in [4.69, 9.17) is 9.47 Å². The number of carbonyl (C=O) groups is 1. The number of hydrogen-bond acceptors (Lipinski definition) is 6. The van der Waals surface area contributed by atoms with E-state index in [0.717, 1.165) is 15.6 Å². The lowest BCUT2D eigenvalue weighted by Gasteiger charge is -2.24. The molecule has 0 saturated heterocycles. The van der Waals surface area contributed by atoms with E-state index in [2.05, 4.69) is 10.5 Å². The van der Waals surface area contributed by atoms with Gasteiger partial charge in [0.2, 0.25) is 0 Å². The van der Waals surface area contributed by atoms with Crippen LogP contribution in [-0.2, 0) is 14.8 Å². The van der Waals surface area contributed by atoms with Gasteiger partial charge in [-0.25, -0.2) is 13.8 Å². The lowest BCUT2D eigenvalue weighted by Crippen LogP contribution is -2.39. The van der Waals surface area contributed by atoms with Crippen LogP contribution in [0.1, 0.15) is 19.4 Å². The van der Waals surface area contributed by atoms with Gasteiger partial charge in [-0.15, -0.1) is 0 Å². The molecule has 0 aliphatic rings. The van der Waals surface area contributed by atoms with Crippen LogP contribution in [0.5, 0.6) is 11.5 Å². The van der Waals surface area contributed by atoms with E-state index in [1.807, 2.05) is 31.2 Å². The smallest absolute Gasteiger partial charge is 0.264 e. The first-order valence-corrected chi connectivity index (χ1v) is 12.1. The Hall–Kier alpha value is -3.85. The normalized spacial score (nSPS) is 11.6. The molecule has 1 amide bonds. The lowest BCUT2D eigenvalue weighted by molar-refractivity contribution is -0.119. The Labute approximate surface area is 199 Å². The molecule has 0 unspecified atom stereocenters. The molecule has 0 atom stereocenters. The molecule has 1 N–H and O–H groups in total. The van der Waals surface area contributed by atoms with E-state index in [0.29, 0.717) is 23.8 Å². The molecule has 9 heteroatoms. The molecule has 34 heavy (non-hydrogen) atoms. The van der Waals surface area contributed by atoms with Gasteiger partial charge in [-0.2, -0.15) is 5.10 Å². The highest BCUT2D eigenvalue weighted by Crippen LogP contribution is 2.26. The molecule has 3 rings (SSSR count). The summed E-state index contributed by atoms with van der Waals surface area (Å²) in [6, 6.07) is 21.7. The predicted octanol–water partition coefficient (Wildman–Crippen LogP) is 3.83. The minimum Gasteiger partial charge on any atom is -0.497 e. The highest BCUT2D eigenvalue weighted by molar-refractivity contribution is 7.92. The maximum atomic E-state index is 13.4. The van der Waals surface area contributed by atoms with Gasteiger partial charge in [0.05, 0.1) is 30.0 Å². The maximum absolute atomic E-state index is 13.4. The van der Waals surface area contributed by atoms with Gasteiger partial charge in [-0.1, -0.05) is 24.3 Å². The number of ether oxygens (including phenoxy) is 2. The van der Waals surface area contributed by atoms with Crippen LogP contribution in [-0.4, -0.2) is 40.3 Å². The zero-order valence-electron chi connectivity index (χ0n) is 19.3. The average Bonchev–Trinajstić information content (AvgIpc) is 2.87. The molecule has 0 aromatic heterocycles. The van der Waals surface area contributed by atoms with Gasteiger partial charge in [-0.05, 0) is 67.9 Å². The summed E-state index contributed by atoms with van der Waals surface area (Å²) >= 11 is 0. The molecule has 0 bridgehead atoms. The first-order valence-electron chi connectivity index (χ1n) is 10.6. The van der Waals surface area contributed by atoms with Crippen molar-refractivity contribution in [3.05, 3.63) is 84.4 Å². The molecular weight excluding hydrogens is 454 g/mol. The molecule has 0 heterocycles. The van der Waals surface area contributed by atoms with Crippen LogP contribution in [0, 0.1) is 0 Å². The Morgan fingerprint density at radius 3 is 2.32 bits per heavy atom. The van der Waals surface area contributed by atoms with Crippen LogP contribution in [0.15, 0.2) is 88.9 Å². The van der Waals surface area contributed by atoms with Crippen LogP contribution in [0.3, 0.4) is 0 Å². The molecule has 0 aliphatic heterocycles. The Kier molecular flexibility index (Phi) is 8.26. The van der Waals surface area contributed by atoms with Crippen LogP contribution in [0.2, 0.25) is 0 Å². The summed E-state index contributed by atoms with van der Waals surface area (Å²) in [6.07, 6.45) is 0. The van der Waals surface area contributed by atoms with E-state index in [1.165, 1.54) is 19.2 Å². The summed E-state index contributed by atoms with van der Waals surface area (Å²) in [5, 5.41) is 4.14. The van der Waals surface area contributed by atoms with Gasteiger partial charge < -0.3 is 9.47 Å². The first-order chi connectivity index (χ1) is 16.3. The van der Waals surface area contributed by atoms with E-state index in [9.17, 15) is 13.2 Å². The van der Waals surface area contributed by atoms with Crippen molar-refractivity contribution >= 4 is 27.3 Å². The minimum absolute atomic E-state index is 0.0692. The number of sulfonamides is 1. The second-order valence-corrected chi connectivity index (χ2v) is 9.08. The quantitative estimate of drug-likeness (QED) is 0.351. The number of hydrazone groups is 1. The Balaban J connectivity index is 1.83. The van der Waals surface area contributed by atoms with Crippen molar-refractivity contribution in [3.8, 4) is 11.5 Å². The third-order valence-corrected chi connectivity index (χ3v) is 6.68. The lowest BCUT2D eigenvalue weighted by atomic mass is 10.1. The second-order valence-electron chi connectivity index (χ2n) is 7.22. The van der Waals surface area contributed by atoms with Crippen molar-refractivity contribution in [2.45, 2.75) is 18.7 Å². The fourth-order valence-electron chi connectivity index (χ4n) is 3.14. The van der Waals surface area contributed by atoms with Crippen molar-refractivity contribution in [3.63, 3.8) is 0 Å². The number of hydrogen-bond donors (Lipinski definition) is 1. The SMILES string of the molecule is CCOc1ccc(/C(C)=N\NC(=O)CN(c2cccc(OC)c2)S(=O)(=O)c2ccccc2)cc1. The predicted molar refractivity (Wildman–Crippen MR) is 132 cm³/mol. The second kappa shape index (κ2) is 11.3. The van der Waals surface area contributed by atoms with Crippen molar-refractivity contribution in [2.75, 3.05) is 24.6 Å². The summed E-state index contributed by atoms with van der Waals surface area (Å²) in [5.41, 5.74) is 4.11. The number of nitrogens with zero attached hydrogens (tertiary/aromatic N) is 2. The average molecular weight is 482 g/mol. The summed E-state index contributed by atoms with van der Waals surface area (Å²) in [6.45, 7) is 3.75. The van der Waals surface area contributed by atoms with Crippen molar-refractivity contribution in [1.82, 2.24) is 5.43 Å². The first kappa shape index (κ1) is 24.8. The molecule has 0 saturated carbocycles. The van der Waals surface area contributed by atoms with Gasteiger partial charge in [0, 0.05) is 6.07 Å². The molecule has 0 fully saturated rings. The molecule has 8 nitrogen and oxygen atoms in total. The molecule has 178 valence electrons. The number of anilines is 1. The molecule has 3 aromatic carbocycles. The molecule has 0 aliphatic carbocycles. The van der Waals surface area contributed by atoms with E-state index < -0.39 is 22.5 Å². The van der Waals surface area contributed by atoms with E-state index in [-0.39, 0.29) is 4.90 Å². The van der Waals surface area contributed by atoms with Crippen molar-refractivity contribution < 1.29 is 22.7 Å². The summed E-state index contributed by atoms with van der Waals surface area (Å²) in [5.74, 6) is 0.617. The van der Waals surface area contributed by atoms with Crippen LogP contribution in [0.25, 0.3) is 0 Å². The topological polar surface area (TPSA) is 97.3 Å². The van der Waals surface area contributed by atoms with Gasteiger partial charge in [0.15, 0.2) is 0 Å². The zero-order chi connectivity index (χ0) is 24.6. The number of benzene rings is 3. The van der Waals surface area contributed by atoms with Crippen LogP contribution >= 0.6 is 0 Å². The van der Waals surface area contributed by atoms with E-state index >= 15 is 0 Å². The van der Waals surface area contributed by atoms with Gasteiger partial charge in [-0.3, -0.25) is 9.10 Å². The fraction of sp³-hybridized carbons (Fsp3) is 0.200. The highest BCUT2D eigenvalue weighted by atomic mass is 32.2. The monoisotopic (exact) mass is 481 g/mol. The summed E-state index contributed by atoms with van der Waals surface area (Å²) < 4.78 is 38.4. The van der Waals surface area contributed by atoms with E-state index in [1.54, 1.807) is 49.4 Å². The molecule has 3 aromatic rings. The third kappa shape index (κ3) is 6.14. The van der Waals surface area contributed by atoms with Crippen LogP contribution in [0.4, 0.5) is 5.69 Å². The largest absolute Gasteiger partial charge is 0.497 e. The Morgan fingerprint density at radius 2 is 1.68 bits per heavy atom. The zero-order valence-corrected chi connectivity index (χ0v) is 20.1. The van der Waals surface area contributed by atoms with Crippen molar-refractivity contribution in [2.24, 2.45) is 5.10 Å². The number of amides is 1. The third-order valence-electron chi connectivity index (χ3n) is 4.89. The maximum Gasteiger partial charge on any atom is 0.264 e. The van der Waals surface area contributed by atoms with Gasteiger partial charge in [0.25, 0.3) is 15.9 Å².